The van der Waals surface area contributed by atoms with Crippen molar-refractivity contribution in [2.45, 2.75) is 26.3 Å². The average Bonchev–Trinajstić information content (AvgIpc) is 2.72. The van der Waals surface area contributed by atoms with Crippen LogP contribution in [0.1, 0.15) is 34.7 Å². The molecule has 1 atom stereocenters. The Kier molecular flexibility index (Phi) is 5.78. The second-order valence-electron chi connectivity index (χ2n) is 4.61. The van der Waals surface area contributed by atoms with Gasteiger partial charge in [-0.3, -0.25) is 0 Å². The van der Waals surface area contributed by atoms with Crippen LogP contribution in [0.2, 0.25) is 0 Å². The van der Waals surface area contributed by atoms with E-state index in [-0.39, 0.29) is 11.9 Å². The summed E-state index contributed by atoms with van der Waals surface area (Å²) >= 11 is 8.80. The molecular formula is C15H16Br2FNS. The Labute approximate surface area is 139 Å². The van der Waals surface area contributed by atoms with Gasteiger partial charge in [0.1, 0.15) is 5.82 Å². The lowest BCUT2D eigenvalue weighted by Crippen LogP contribution is -2.22. The Morgan fingerprint density at radius 1 is 1.25 bits per heavy atom. The molecule has 0 radical (unpaired) electrons. The van der Waals surface area contributed by atoms with Gasteiger partial charge in [0.05, 0.1) is 6.04 Å². The van der Waals surface area contributed by atoms with Crippen molar-refractivity contribution < 1.29 is 4.39 Å². The molecule has 108 valence electrons. The van der Waals surface area contributed by atoms with Crippen LogP contribution in [0.15, 0.2) is 33.2 Å². The van der Waals surface area contributed by atoms with E-state index in [0.717, 1.165) is 27.5 Å². The number of thiophene rings is 1. The van der Waals surface area contributed by atoms with Gasteiger partial charge in [0.2, 0.25) is 0 Å². The molecule has 1 nitrogen and oxygen atoms in total. The predicted octanol–water partition coefficient (Wildman–Crippen LogP) is 5.81. The van der Waals surface area contributed by atoms with Gasteiger partial charge in [-0.1, -0.05) is 28.9 Å². The summed E-state index contributed by atoms with van der Waals surface area (Å²) in [5.41, 5.74) is 1.06. The van der Waals surface area contributed by atoms with Gasteiger partial charge in [0.15, 0.2) is 0 Å². The van der Waals surface area contributed by atoms with Crippen LogP contribution in [0.5, 0.6) is 0 Å². The molecule has 2 rings (SSSR count). The zero-order valence-electron chi connectivity index (χ0n) is 11.3. The number of halogens is 3. The van der Waals surface area contributed by atoms with Gasteiger partial charge in [-0.15, -0.1) is 11.3 Å². The first-order valence-electron chi connectivity index (χ1n) is 6.47. The van der Waals surface area contributed by atoms with Gasteiger partial charge in [0, 0.05) is 18.7 Å². The molecule has 0 spiro atoms. The SMILES string of the molecule is CCCNC(c1cc(Br)c(C)s1)c1ccc(F)cc1Br. The Morgan fingerprint density at radius 2 is 2.00 bits per heavy atom. The number of hydrogen-bond acceptors (Lipinski definition) is 2. The standard InChI is InChI=1S/C15H16Br2FNS/c1-3-6-19-15(14-8-12(16)9(2)20-14)11-5-4-10(18)7-13(11)17/h4-5,7-8,15,19H,3,6H2,1-2H3. The lowest BCUT2D eigenvalue weighted by molar-refractivity contribution is 0.596. The molecule has 1 aromatic heterocycles. The number of hydrogen-bond donors (Lipinski definition) is 1. The highest BCUT2D eigenvalue weighted by Crippen LogP contribution is 2.36. The fraction of sp³-hybridized carbons (Fsp3) is 0.333. The van der Waals surface area contributed by atoms with Gasteiger partial charge in [-0.05, 0) is 59.6 Å². The molecular weight excluding hydrogens is 405 g/mol. The Bertz CT molecular complexity index is 578. The van der Waals surface area contributed by atoms with Crippen molar-refractivity contribution in [1.29, 1.82) is 0 Å². The van der Waals surface area contributed by atoms with Crippen molar-refractivity contribution in [3.63, 3.8) is 0 Å². The van der Waals surface area contributed by atoms with Crippen molar-refractivity contribution in [2.24, 2.45) is 0 Å². The van der Waals surface area contributed by atoms with Crippen LogP contribution < -0.4 is 5.32 Å². The summed E-state index contributed by atoms with van der Waals surface area (Å²) in [6.45, 7) is 5.15. The topological polar surface area (TPSA) is 12.0 Å². The smallest absolute Gasteiger partial charge is 0.124 e. The molecule has 20 heavy (non-hydrogen) atoms. The van der Waals surface area contributed by atoms with E-state index < -0.39 is 0 Å². The molecule has 0 aliphatic rings. The third-order valence-corrected chi connectivity index (χ3v) is 5.92. The largest absolute Gasteiger partial charge is 0.306 e. The Balaban J connectivity index is 2.41. The van der Waals surface area contributed by atoms with Crippen LogP contribution in [0.4, 0.5) is 4.39 Å². The van der Waals surface area contributed by atoms with Gasteiger partial charge in [0.25, 0.3) is 0 Å². The third-order valence-electron chi connectivity index (χ3n) is 3.03. The Hall–Kier alpha value is -0.230. The minimum Gasteiger partial charge on any atom is -0.306 e. The van der Waals surface area contributed by atoms with Crippen molar-refractivity contribution in [3.8, 4) is 0 Å². The minimum atomic E-state index is -0.224. The zero-order valence-corrected chi connectivity index (χ0v) is 15.3. The quantitative estimate of drug-likeness (QED) is 0.643. The molecule has 1 aromatic carbocycles. The summed E-state index contributed by atoms with van der Waals surface area (Å²) < 4.78 is 15.2. The second-order valence-corrected chi connectivity index (χ2v) is 7.60. The van der Waals surface area contributed by atoms with Gasteiger partial charge in [-0.25, -0.2) is 4.39 Å². The van der Waals surface area contributed by atoms with E-state index in [2.05, 4.69) is 57.1 Å². The molecule has 0 saturated carbocycles. The predicted molar refractivity (Wildman–Crippen MR) is 91.0 cm³/mol. The van der Waals surface area contributed by atoms with Crippen LogP contribution in [-0.4, -0.2) is 6.54 Å². The molecule has 0 aliphatic heterocycles. The van der Waals surface area contributed by atoms with Crippen molar-refractivity contribution in [3.05, 3.63) is 54.3 Å². The molecule has 2 aromatic rings. The molecule has 0 amide bonds. The molecule has 0 saturated heterocycles. The molecule has 1 N–H and O–H groups in total. The van der Waals surface area contributed by atoms with Crippen LogP contribution in [0.3, 0.4) is 0 Å². The molecule has 0 aliphatic carbocycles. The number of nitrogens with one attached hydrogen (secondary N) is 1. The van der Waals surface area contributed by atoms with E-state index in [1.165, 1.54) is 21.9 Å². The first-order chi connectivity index (χ1) is 9.52. The fourth-order valence-electron chi connectivity index (χ4n) is 2.01. The Morgan fingerprint density at radius 3 is 2.55 bits per heavy atom. The highest BCUT2D eigenvalue weighted by Gasteiger charge is 2.19. The first-order valence-corrected chi connectivity index (χ1v) is 8.87. The summed E-state index contributed by atoms with van der Waals surface area (Å²) in [6.07, 6.45) is 1.06. The fourth-order valence-corrected chi connectivity index (χ4v) is 4.25. The second kappa shape index (κ2) is 7.16. The van der Waals surface area contributed by atoms with Gasteiger partial charge >= 0.3 is 0 Å². The van der Waals surface area contributed by atoms with E-state index >= 15 is 0 Å². The number of aryl methyl sites for hydroxylation is 1. The number of rotatable bonds is 5. The summed E-state index contributed by atoms with van der Waals surface area (Å²) in [7, 11) is 0. The zero-order chi connectivity index (χ0) is 14.7. The lowest BCUT2D eigenvalue weighted by Gasteiger charge is -2.19. The van der Waals surface area contributed by atoms with Crippen LogP contribution >= 0.6 is 43.2 Å². The van der Waals surface area contributed by atoms with Crippen molar-refractivity contribution in [1.82, 2.24) is 5.32 Å². The summed E-state index contributed by atoms with van der Waals surface area (Å²) in [5, 5.41) is 3.54. The first kappa shape index (κ1) is 16.1. The molecule has 1 unspecified atom stereocenters. The van der Waals surface area contributed by atoms with E-state index in [4.69, 9.17) is 0 Å². The van der Waals surface area contributed by atoms with Gasteiger partial charge in [-0.2, -0.15) is 0 Å². The number of benzene rings is 1. The maximum atomic E-state index is 13.3. The minimum absolute atomic E-state index is 0.0833. The summed E-state index contributed by atoms with van der Waals surface area (Å²) in [4.78, 5) is 2.48. The lowest BCUT2D eigenvalue weighted by atomic mass is 10.1. The van der Waals surface area contributed by atoms with Crippen LogP contribution in [-0.2, 0) is 0 Å². The van der Waals surface area contributed by atoms with E-state index in [1.54, 1.807) is 11.3 Å². The van der Waals surface area contributed by atoms with Crippen molar-refractivity contribution >= 4 is 43.2 Å². The average molecular weight is 421 g/mol. The van der Waals surface area contributed by atoms with Crippen LogP contribution in [0, 0.1) is 12.7 Å². The molecule has 5 heteroatoms. The van der Waals surface area contributed by atoms with E-state index in [1.807, 2.05) is 6.07 Å². The summed E-state index contributed by atoms with van der Waals surface area (Å²) in [6, 6.07) is 7.10. The molecule has 1 heterocycles. The normalized spacial score (nSPS) is 12.7. The van der Waals surface area contributed by atoms with Gasteiger partial charge < -0.3 is 5.32 Å². The van der Waals surface area contributed by atoms with Crippen molar-refractivity contribution in [2.75, 3.05) is 6.54 Å². The van der Waals surface area contributed by atoms with Crippen LogP contribution in [0.25, 0.3) is 0 Å². The highest BCUT2D eigenvalue weighted by molar-refractivity contribution is 9.10. The monoisotopic (exact) mass is 419 g/mol. The summed E-state index contributed by atoms with van der Waals surface area (Å²) in [5.74, 6) is -0.224. The van der Waals surface area contributed by atoms with E-state index in [9.17, 15) is 4.39 Å². The third kappa shape index (κ3) is 3.70. The maximum absolute atomic E-state index is 13.3. The van der Waals surface area contributed by atoms with E-state index in [0.29, 0.717) is 0 Å². The molecule has 0 fully saturated rings. The highest BCUT2D eigenvalue weighted by atomic mass is 79.9. The maximum Gasteiger partial charge on any atom is 0.124 e. The molecule has 0 bridgehead atoms.